The van der Waals surface area contributed by atoms with Gasteiger partial charge in [-0.3, -0.25) is 0 Å². The van der Waals surface area contributed by atoms with Crippen molar-refractivity contribution in [3.05, 3.63) is 96.1 Å². The quantitative estimate of drug-likeness (QED) is 0.633. The molecule has 1 unspecified atom stereocenters. The van der Waals surface area contributed by atoms with Crippen LogP contribution in [-0.4, -0.2) is 6.04 Å². The lowest BCUT2D eigenvalue weighted by Crippen LogP contribution is -2.37. The molecule has 0 aromatic heterocycles. The number of hydrogen-bond donors (Lipinski definition) is 1. The number of anilines is 2. The summed E-state index contributed by atoms with van der Waals surface area (Å²) in [6.45, 7) is 2.34. The van der Waals surface area contributed by atoms with Crippen molar-refractivity contribution in [2.75, 3.05) is 10.2 Å². The van der Waals surface area contributed by atoms with E-state index in [9.17, 15) is 0 Å². The third-order valence-electron chi connectivity index (χ3n) is 6.08. The second kappa shape index (κ2) is 6.21. The number of nitrogens with one attached hydrogen (secondary N) is 1. The summed E-state index contributed by atoms with van der Waals surface area (Å²) < 4.78 is 0. The van der Waals surface area contributed by atoms with Crippen LogP contribution in [0.2, 0.25) is 0 Å². The Balaban J connectivity index is 1.68. The summed E-state index contributed by atoms with van der Waals surface area (Å²) in [5.41, 5.74) is 5.45. The zero-order valence-electron chi connectivity index (χ0n) is 15.0. The van der Waals surface area contributed by atoms with E-state index < -0.39 is 0 Å². The molecule has 2 heteroatoms. The maximum atomic E-state index is 3.75. The van der Waals surface area contributed by atoms with Gasteiger partial charge in [-0.1, -0.05) is 66.7 Å². The Bertz CT molecular complexity index is 890. The Morgan fingerprint density at radius 1 is 0.808 bits per heavy atom. The third-order valence-corrected chi connectivity index (χ3v) is 6.08. The summed E-state index contributed by atoms with van der Waals surface area (Å²) in [4.78, 5) is 2.66. The van der Waals surface area contributed by atoms with Gasteiger partial charge in [0, 0.05) is 23.3 Å². The van der Waals surface area contributed by atoms with E-state index in [1.165, 1.54) is 28.9 Å². The second-order valence-electron chi connectivity index (χ2n) is 7.53. The maximum Gasteiger partial charge on any atom is 0.0617 e. The van der Waals surface area contributed by atoms with Gasteiger partial charge < -0.3 is 10.2 Å². The molecule has 2 heterocycles. The van der Waals surface area contributed by atoms with E-state index in [0.717, 1.165) is 0 Å². The molecule has 1 saturated heterocycles. The molecule has 2 aliphatic rings. The fourth-order valence-electron chi connectivity index (χ4n) is 4.91. The molecule has 130 valence electrons. The first-order valence-electron chi connectivity index (χ1n) is 9.57. The Morgan fingerprint density at radius 3 is 2.23 bits per heavy atom. The highest BCUT2D eigenvalue weighted by molar-refractivity contribution is 5.62. The van der Waals surface area contributed by atoms with E-state index in [-0.39, 0.29) is 0 Å². The monoisotopic (exact) mass is 340 g/mol. The molecule has 1 N–H and O–H groups in total. The Labute approximate surface area is 155 Å². The first-order valence-corrected chi connectivity index (χ1v) is 9.57. The van der Waals surface area contributed by atoms with Gasteiger partial charge in [-0.2, -0.15) is 0 Å². The lowest BCUT2D eigenvalue weighted by molar-refractivity contribution is 0.415. The summed E-state index contributed by atoms with van der Waals surface area (Å²) in [6.07, 6.45) is 1.17. The Morgan fingerprint density at radius 2 is 1.46 bits per heavy atom. The maximum absolute atomic E-state index is 3.75. The Hall–Kier alpha value is -2.74. The van der Waals surface area contributed by atoms with Crippen molar-refractivity contribution in [1.29, 1.82) is 0 Å². The van der Waals surface area contributed by atoms with Gasteiger partial charge in [-0.15, -0.1) is 0 Å². The van der Waals surface area contributed by atoms with Crippen molar-refractivity contribution < 1.29 is 0 Å². The minimum absolute atomic E-state index is 0.406. The van der Waals surface area contributed by atoms with Gasteiger partial charge >= 0.3 is 0 Å². The molecule has 2 nitrogen and oxygen atoms in total. The van der Waals surface area contributed by atoms with Crippen LogP contribution in [0.4, 0.5) is 11.4 Å². The van der Waals surface area contributed by atoms with E-state index in [0.29, 0.717) is 24.0 Å². The topological polar surface area (TPSA) is 15.3 Å². The first-order chi connectivity index (χ1) is 12.8. The van der Waals surface area contributed by atoms with Crippen LogP contribution in [0.25, 0.3) is 0 Å². The molecule has 3 aromatic carbocycles. The van der Waals surface area contributed by atoms with E-state index in [1.807, 2.05) is 0 Å². The number of hydrogen-bond acceptors (Lipinski definition) is 2. The molecule has 5 rings (SSSR count). The van der Waals surface area contributed by atoms with Crippen LogP contribution in [0.15, 0.2) is 84.9 Å². The predicted molar refractivity (Wildman–Crippen MR) is 108 cm³/mol. The van der Waals surface area contributed by atoms with Crippen LogP contribution in [0.3, 0.4) is 0 Å². The highest BCUT2D eigenvalue weighted by Crippen LogP contribution is 2.54. The van der Waals surface area contributed by atoms with Crippen molar-refractivity contribution in [1.82, 2.24) is 0 Å². The van der Waals surface area contributed by atoms with Gasteiger partial charge in [0.1, 0.15) is 0 Å². The zero-order chi connectivity index (χ0) is 17.5. The molecule has 0 radical (unpaired) electrons. The number of fused-ring (bicyclic) bond motifs is 3. The average molecular weight is 340 g/mol. The van der Waals surface area contributed by atoms with Crippen molar-refractivity contribution in [3.63, 3.8) is 0 Å². The Kier molecular flexibility index (Phi) is 3.70. The summed E-state index contributed by atoms with van der Waals surface area (Å²) >= 11 is 0. The van der Waals surface area contributed by atoms with Crippen LogP contribution in [0.1, 0.15) is 36.6 Å². The third kappa shape index (κ3) is 2.40. The minimum Gasteiger partial charge on any atom is -0.382 e. The van der Waals surface area contributed by atoms with Crippen LogP contribution in [0, 0.1) is 5.92 Å². The van der Waals surface area contributed by atoms with Gasteiger partial charge in [0.15, 0.2) is 0 Å². The lowest BCUT2D eigenvalue weighted by atomic mass is 9.83. The van der Waals surface area contributed by atoms with Crippen LogP contribution < -0.4 is 10.2 Å². The van der Waals surface area contributed by atoms with Crippen LogP contribution in [-0.2, 0) is 0 Å². The van der Waals surface area contributed by atoms with E-state index >= 15 is 0 Å². The largest absolute Gasteiger partial charge is 0.382 e. The molecule has 1 fully saturated rings. The van der Waals surface area contributed by atoms with Crippen molar-refractivity contribution in [2.45, 2.75) is 31.5 Å². The predicted octanol–water partition coefficient (Wildman–Crippen LogP) is 5.81. The molecule has 0 saturated carbocycles. The standard InChI is InChI=1S/C24H24N2/c1-17-21-16-23(18-10-4-2-5-11-18)26(19-12-6-3-7-13-19)24(21)20-14-8-9-15-22(20)25-17/h2-15,17,21,23-25H,16H2,1H3/t17-,21+,23?,24-/m0/s1. The van der Waals surface area contributed by atoms with Gasteiger partial charge in [0.05, 0.1) is 12.1 Å². The van der Waals surface area contributed by atoms with E-state index in [4.69, 9.17) is 0 Å². The van der Waals surface area contributed by atoms with Crippen molar-refractivity contribution in [3.8, 4) is 0 Å². The molecule has 0 aliphatic carbocycles. The fourth-order valence-corrected chi connectivity index (χ4v) is 4.91. The van der Waals surface area contributed by atoms with Gasteiger partial charge in [-0.05, 0) is 42.7 Å². The summed E-state index contributed by atoms with van der Waals surface area (Å²) in [5.74, 6) is 0.593. The molecule has 0 amide bonds. The molecule has 0 spiro atoms. The van der Waals surface area contributed by atoms with Gasteiger partial charge in [0.2, 0.25) is 0 Å². The zero-order valence-corrected chi connectivity index (χ0v) is 15.0. The van der Waals surface area contributed by atoms with Gasteiger partial charge in [0.25, 0.3) is 0 Å². The number of nitrogens with zero attached hydrogens (tertiary/aromatic N) is 1. The van der Waals surface area contributed by atoms with E-state index in [2.05, 4.69) is 102 Å². The van der Waals surface area contributed by atoms with Crippen LogP contribution in [0.5, 0.6) is 0 Å². The van der Waals surface area contributed by atoms with Gasteiger partial charge in [-0.25, -0.2) is 0 Å². The molecule has 0 bridgehead atoms. The average Bonchev–Trinajstić information content (AvgIpc) is 3.11. The first kappa shape index (κ1) is 15.5. The highest BCUT2D eigenvalue weighted by atomic mass is 15.2. The molecular weight excluding hydrogens is 316 g/mol. The molecule has 2 aliphatic heterocycles. The minimum atomic E-state index is 0.406. The SMILES string of the molecule is C[C@@H]1Nc2ccccc2[C@H]2[C@@H]1CC(c1ccccc1)N2c1ccccc1. The number of para-hydroxylation sites is 2. The molecule has 4 atom stereocenters. The van der Waals surface area contributed by atoms with E-state index in [1.54, 1.807) is 0 Å². The normalized spacial score (nSPS) is 26.7. The summed E-state index contributed by atoms with van der Waals surface area (Å²) in [5, 5.41) is 3.75. The molecule has 26 heavy (non-hydrogen) atoms. The second-order valence-corrected chi connectivity index (χ2v) is 7.53. The van der Waals surface area contributed by atoms with Crippen molar-refractivity contribution >= 4 is 11.4 Å². The molecular formula is C24H24N2. The van der Waals surface area contributed by atoms with Crippen LogP contribution >= 0.6 is 0 Å². The van der Waals surface area contributed by atoms with Crippen molar-refractivity contribution in [2.24, 2.45) is 5.92 Å². The molecule has 3 aromatic rings. The smallest absolute Gasteiger partial charge is 0.0617 e. The number of rotatable bonds is 2. The fraction of sp³-hybridized carbons (Fsp3) is 0.250. The lowest BCUT2D eigenvalue weighted by Gasteiger charge is -2.40. The highest BCUT2D eigenvalue weighted by Gasteiger charge is 2.47. The number of benzene rings is 3. The summed E-state index contributed by atoms with van der Waals surface area (Å²) in [6, 6.07) is 32.0. The summed E-state index contributed by atoms with van der Waals surface area (Å²) in [7, 11) is 0.